The van der Waals surface area contributed by atoms with Gasteiger partial charge in [-0.15, -0.1) is 0 Å². The Labute approximate surface area is 207 Å². The van der Waals surface area contributed by atoms with Crippen LogP contribution in [0, 0.1) is 0 Å². The van der Waals surface area contributed by atoms with Crippen LogP contribution in [-0.2, 0) is 28.4 Å². The normalized spacial score (nSPS) is 20.0. The van der Waals surface area contributed by atoms with Gasteiger partial charge in [-0.2, -0.15) is 0 Å². The Hall–Kier alpha value is -2.84. The average Bonchev–Trinajstić information content (AvgIpc) is 3.60. The molecule has 0 saturated carbocycles. The summed E-state index contributed by atoms with van der Waals surface area (Å²) in [5.74, 6) is 0.613. The van der Waals surface area contributed by atoms with E-state index in [1.165, 1.54) is 0 Å². The zero-order valence-electron chi connectivity index (χ0n) is 18.6. The van der Waals surface area contributed by atoms with E-state index in [2.05, 4.69) is 21.5 Å². The summed E-state index contributed by atoms with van der Waals surface area (Å²) in [4.78, 5) is 8.57. The summed E-state index contributed by atoms with van der Waals surface area (Å²) in [5.41, 5.74) is 1.75. The summed E-state index contributed by atoms with van der Waals surface area (Å²) >= 11 is 12.6. The number of imidazole rings is 2. The highest BCUT2D eigenvalue weighted by molar-refractivity contribution is 6.35. The van der Waals surface area contributed by atoms with Crippen LogP contribution in [-0.4, -0.2) is 38.4 Å². The first-order chi connectivity index (χ1) is 16.6. The van der Waals surface area contributed by atoms with Crippen molar-refractivity contribution in [1.29, 1.82) is 0 Å². The zero-order valence-corrected chi connectivity index (χ0v) is 20.1. The number of hydrogen-bond acceptors (Lipinski definition) is 5. The van der Waals surface area contributed by atoms with Crippen LogP contribution in [0.3, 0.4) is 0 Å². The molecule has 0 spiro atoms. The molecule has 34 heavy (non-hydrogen) atoms. The van der Waals surface area contributed by atoms with Gasteiger partial charge in [-0.05, 0) is 43.3 Å². The number of hydrogen-bond donors (Lipinski definition) is 0. The summed E-state index contributed by atoms with van der Waals surface area (Å²) in [5, 5.41) is 1.03. The summed E-state index contributed by atoms with van der Waals surface area (Å²) in [6.45, 7) is 4.05. The Morgan fingerprint density at radius 2 is 1.97 bits per heavy atom. The Balaban J connectivity index is 1.29. The van der Waals surface area contributed by atoms with Gasteiger partial charge in [-0.1, -0.05) is 29.3 Å². The fraction of sp³-hybridized carbons (Fsp3) is 0.280. The smallest absolute Gasteiger partial charge is 0.215 e. The number of nitrogens with zero attached hydrogens (tertiary/aromatic N) is 4. The monoisotopic (exact) mass is 498 g/mol. The predicted molar refractivity (Wildman–Crippen MR) is 130 cm³/mol. The molecule has 5 rings (SSSR count). The van der Waals surface area contributed by atoms with Gasteiger partial charge in [0.15, 0.2) is 0 Å². The van der Waals surface area contributed by atoms with E-state index in [1.54, 1.807) is 24.7 Å². The van der Waals surface area contributed by atoms with Gasteiger partial charge in [-0.25, -0.2) is 9.97 Å². The lowest BCUT2D eigenvalue weighted by Gasteiger charge is -2.30. The van der Waals surface area contributed by atoms with Crippen molar-refractivity contribution in [1.82, 2.24) is 19.1 Å². The van der Waals surface area contributed by atoms with E-state index in [4.69, 9.17) is 37.4 Å². The van der Waals surface area contributed by atoms with Crippen molar-refractivity contribution in [2.45, 2.75) is 31.9 Å². The summed E-state index contributed by atoms with van der Waals surface area (Å²) in [7, 11) is 0. The first-order valence-corrected chi connectivity index (χ1v) is 11.8. The fourth-order valence-corrected chi connectivity index (χ4v) is 4.64. The van der Waals surface area contributed by atoms with E-state index >= 15 is 0 Å². The number of halogens is 2. The first kappa shape index (κ1) is 22.9. The van der Waals surface area contributed by atoms with Crippen LogP contribution >= 0.6 is 23.2 Å². The second-order valence-corrected chi connectivity index (χ2v) is 8.88. The molecule has 4 aromatic rings. The molecule has 176 valence electrons. The molecule has 0 aliphatic carbocycles. The average molecular weight is 499 g/mol. The van der Waals surface area contributed by atoms with Gasteiger partial charge in [0.05, 0.1) is 24.5 Å². The molecule has 3 heterocycles. The molecule has 0 N–H and O–H groups in total. The molecule has 0 bridgehead atoms. The van der Waals surface area contributed by atoms with E-state index in [1.807, 2.05) is 53.5 Å². The second kappa shape index (κ2) is 9.80. The van der Waals surface area contributed by atoms with Gasteiger partial charge in [0.1, 0.15) is 24.3 Å². The molecule has 0 radical (unpaired) electrons. The molecule has 2 aromatic heterocycles. The molecule has 2 unspecified atom stereocenters. The van der Waals surface area contributed by atoms with E-state index in [9.17, 15) is 0 Å². The maximum Gasteiger partial charge on any atom is 0.215 e. The molecule has 2 atom stereocenters. The molecular formula is C25H24Cl2N4O3. The van der Waals surface area contributed by atoms with Gasteiger partial charge in [0.25, 0.3) is 0 Å². The van der Waals surface area contributed by atoms with Crippen molar-refractivity contribution < 1.29 is 14.2 Å². The van der Waals surface area contributed by atoms with Crippen molar-refractivity contribution in [3.05, 3.63) is 89.2 Å². The molecule has 0 amide bonds. The van der Waals surface area contributed by atoms with Gasteiger partial charge in [-0.3, -0.25) is 0 Å². The Kier molecular flexibility index (Phi) is 6.61. The maximum absolute atomic E-state index is 6.53. The summed E-state index contributed by atoms with van der Waals surface area (Å²) < 4.78 is 22.7. The third-order valence-corrected chi connectivity index (χ3v) is 6.30. The van der Waals surface area contributed by atoms with Gasteiger partial charge in [0.2, 0.25) is 5.79 Å². The summed E-state index contributed by atoms with van der Waals surface area (Å²) in [6.07, 6.45) is 8.78. The number of rotatable bonds is 8. The number of aryl methyl sites for hydroxylation is 1. The van der Waals surface area contributed by atoms with Crippen molar-refractivity contribution in [3.8, 4) is 17.1 Å². The standard InChI is InChI=1S/C25H24Cl2N4O3/c1-2-31-12-10-29-24(31)18-3-6-20(7-4-18)32-14-21-15-33-25(34-21,16-30-11-9-28-17-30)22-8-5-19(26)13-23(22)27/h3-13,17,21H,2,14-16H2,1H3. The Morgan fingerprint density at radius 3 is 2.71 bits per heavy atom. The van der Waals surface area contributed by atoms with Crippen LogP contribution in [0.5, 0.6) is 5.75 Å². The minimum absolute atomic E-state index is 0.283. The Morgan fingerprint density at radius 1 is 1.12 bits per heavy atom. The topological polar surface area (TPSA) is 63.3 Å². The highest BCUT2D eigenvalue weighted by atomic mass is 35.5. The van der Waals surface area contributed by atoms with E-state index in [0.717, 1.165) is 23.7 Å². The SMILES string of the molecule is CCn1ccnc1-c1ccc(OCC2COC(Cn3ccnc3)(c3ccc(Cl)cc3Cl)O2)cc1. The van der Waals surface area contributed by atoms with Gasteiger partial charge in [0, 0.05) is 47.5 Å². The number of ether oxygens (including phenoxy) is 3. The van der Waals surface area contributed by atoms with Crippen LogP contribution in [0.15, 0.2) is 73.6 Å². The van der Waals surface area contributed by atoms with Crippen LogP contribution in [0.1, 0.15) is 12.5 Å². The van der Waals surface area contributed by atoms with Crippen LogP contribution < -0.4 is 4.74 Å². The highest BCUT2D eigenvalue weighted by Gasteiger charge is 2.45. The molecule has 9 heteroatoms. The molecule has 1 aliphatic heterocycles. The second-order valence-electron chi connectivity index (χ2n) is 8.04. The molecule has 1 fully saturated rings. The lowest BCUT2D eigenvalue weighted by atomic mass is 10.1. The van der Waals surface area contributed by atoms with Crippen molar-refractivity contribution >= 4 is 23.2 Å². The van der Waals surface area contributed by atoms with Crippen LogP contribution in [0.2, 0.25) is 10.0 Å². The summed E-state index contributed by atoms with van der Waals surface area (Å²) in [6, 6.07) is 13.2. The molecular weight excluding hydrogens is 475 g/mol. The van der Waals surface area contributed by atoms with E-state index < -0.39 is 5.79 Å². The molecule has 1 saturated heterocycles. The third-order valence-electron chi connectivity index (χ3n) is 5.76. The fourth-order valence-electron chi connectivity index (χ4n) is 4.09. The first-order valence-electron chi connectivity index (χ1n) is 11.0. The number of benzene rings is 2. The van der Waals surface area contributed by atoms with Crippen LogP contribution in [0.25, 0.3) is 11.4 Å². The zero-order chi connectivity index (χ0) is 23.5. The lowest BCUT2D eigenvalue weighted by Crippen LogP contribution is -2.34. The largest absolute Gasteiger partial charge is 0.491 e. The van der Waals surface area contributed by atoms with Crippen molar-refractivity contribution in [2.75, 3.05) is 13.2 Å². The molecule has 7 nitrogen and oxygen atoms in total. The highest BCUT2D eigenvalue weighted by Crippen LogP contribution is 2.40. The predicted octanol–water partition coefficient (Wildman–Crippen LogP) is 5.42. The minimum atomic E-state index is -1.07. The quantitative estimate of drug-likeness (QED) is 0.324. The molecule has 2 aromatic carbocycles. The Bertz CT molecular complexity index is 1240. The minimum Gasteiger partial charge on any atom is -0.491 e. The van der Waals surface area contributed by atoms with Crippen molar-refractivity contribution in [2.24, 2.45) is 0 Å². The van der Waals surface area contributed by atoms with Crippen LogP contribution in [0.4, 0.5) is 0 Å². The van der Waals surface area contributed by atoms with E-state index in [0.29, 0.717) is 35.4 Å². The maximum atomic E-state index is 6.53. The van der Waals surface area contributed by atoms with Gasteiger partial charge < -0.3 is 23.3 Å². The van der Waals surface area contributed by atoms with Gasteiger partial charge >= 0.3 is 0 Å². The third kappa shape index (κ3) is 4.70. The van der Waals surface area contributed by atoms with E-state index in [-0.39, 0.29) is 6.10 Å². The lowest BCUT2D eigenvalue weighted by molar-refractivity contribution is -0.189. The molecule has 1 aliphatic rings. The van der Waals surface area contributed by atoms with Crippen molar-refractivity contribution in [3.63, 3.8) is 0 Å². The number of aromatic nitrogens is 4.